The van der Waals surface area contributed by atoms with E-state index in [1.54, 1.807) is 17.0 Å². The third kappa shape index (κ3) is 2.99. The first-order valence-corrected chi connectivity index (χ1v) is 7.30. The molecule has 1 aromatic heterocycles. The van der Waals surface area contributed by atoms with Crippen LogP contribution < -0.4 is 5.32 Å². The molecular weight excluding hydrogens is 248 g/mol. The fourth-order valence-electron chi connectivity index (χ4n) is 2.82. The molecule has 0 amide bonds. The Morgan fingerprint density at radius 2 is 1.75 bits per heavy atom. The number of piperidine rings is 1. The van der Waals surface area contributed by atoms with E-state index in [0.29, 0.717) is 0 Å². The van der Waals surface area contributed by atoms with E-state index in [0.717, 1.165) is 31.0 Å². The summed E-state index contributed by atoms with van der Waals surface area (Å²) in [5.41, 5.74) is 2.08. The summed E-state index contributed by atoms with van der Waals surface area (Å²) >= 11 is 0. The van der Waals surface area contributed by atoms with Crippen LogP contribution in [0.5, 0.6) is 0 Å². The standard InChI is InChI=1S/C17H20N2O/c20-17(19-11-1-2-12-19)16-5-3-14(4-6-16)13-15-7-9-18-10-8-15/h1-6,11-12,15,18H,7-10,13H2. The van der Waals surface area contributed by atoms with Crippen molar-refractivity contribution in [1.82, 2.24) is 9.88 Å². The summed E-state index contributed by atoms with van der Waals surface area (Å²) in [5.74, 6) is 0.811. The zero-order chi connectivity index (χ0) is 13.8. The van der Waals surface area contributed by atoms with Crippen LogP contribution in [0.1, 0.15) is 28.8 Å². The van der Waals surface area contributed by atoms with Gasteiger partial charge in [-0.1, -0.05) is 12.1 Å². The first-order valence-electron chi connectivity index (χ1n) is 7.30. The molecule has 0 radical (unpaired) electrons. The van der Waals surface area contributed by atoms with Crippen molar-refractivity contribution in [2.45, 2.75) is 19.3 Å². The lowest BCUT2D eigenvalue weighted by Crippen LogP contribution is -2.28. The molecule has 2 aromatic rings. The van der Waals surface area contributed by atoms with Gasteiger partial charge >= 0.3 is 0 Å². The maximum atomic E-state index is 12.2. The van der Waals surface area contributed by atoms with Crippen molar-refractivity contribution in [2.24, 2.45) is 5.92 Å². The third-order valence-electron chi connectivity index (χ3n) is 4.02. The maximum Gasteiger partial charge on any atom is 0.261 e. The van der Waals surface area contributed by atoms with E-state index < -0.39 is 0 Å². The monoisotopic (exact) mass is 268 g/mol. The molecule has 20 heavy (non-hydrogen) atoms. The number of hydrogen-bond acceptors (Lipinski definition) is 2. The Labute approximate surface area is 119 Å². The number of hydrogen-bond donors (Lipinski definition) is 1. The topological polar surface area (TPSA) is 34.0 Å². The molecule has 1 fully saturated rings. The molecule has 1 saturated heterocycles. The van der Waals surface area contributed by atoms with Gasteiger partial charge in [0.15, 0.2) is 0 Å². The fraction of sp³-hybridized carbons (Fsp3) is 0.353. The molecule has 1 aromatic carbocycles. The Hall–Kier alpha value is -1.87. The van der Waals surface area contributed by atoms with Crippen molar-refractivity contribution >= 4 is 5.91 Å². The summed E-state index contributed by atoms with van der Waals surface area (Å²) in [6.07, 6.45) is 7.20. The van der Waals surface area contributed by atoms with Crippen LogP contribution in [-0.4, -0.2) is 23.6 Å². The Bertz CT molecular complexity index is 551. The average Bonchev–Trinajstić information content (AvgIpc) is 3.03. The van der Waals surface area contributed by atoms with Crippen LogP contribution in [0.2, 0.25) is 0 Å². The zero-order valence-electron chi connectivity index (χ0n) is 11.6. The predicted octanol–water partition coefficient (Wildman–Crippen LogP) is 2.72. The summed E-state index contributed by atoms with van der Waals surface area (Å²) in [5, 5.41) is 3.39. The molecule has 3 nitrogen and oxygen atoms in total. The van der Waals surface area contributed by atoms with Crippen LogP contribution in [0.4, 0.5) is 0 Å². The van der Waals surface area contributed by atoms with Gasteiger partial charge in [-0.25, -0.2) is 0 Å². The van der Waals surface area contributed by atoms with Crippen LogP contribution in [0, 0.1) is 5.92 Å². The number of benzene rings is 1. The molecule has 0 bridgehead atoms. The number of rotatable bonds is 3. The van der Waals surface area contributed by atoms with E-state index in [1.165, 1.54) is 18.4 Å². The minimum Gasteiger partial charge on any atom is -0.317 e. The summed E-state index contributed by atoms with van der Waals surface area (Å²) in [4.78, 5) is 12.2. The van der Waals surface area contributed by atoms with Gasteiger partial charge in [0.2, 0.25) is 0 Å². The number of carbonyl (C=O) groups excluding carboxylic acids is 1. The van der Waals surface area contributed by atoms with Crippen molar-refractivity contribution in [3.8, 4) is 0 Å². The number of nitrogens with one attached hydrogen (secondary N) is 1. The number of carbonyl (C=O) groups is 1. The zero-order valence-corrected chi connectivity index (χ0v) is 11.6. The molecule has 1 N–H and O–H groups in total. The van der Waals surface area contributed by atoms with Gasteiger partial charge in [0, 0.05) is 18.0 Å². The molecule has 0 atom stereocenters. The van der Waals surface area contributed by atoms with Crippen LogP contribution >= 0.6 is 0 Å². The highest BCUT2D eigenvalue weighted by atomic mass is 16.2. The second-order valence-corrected chi connectivity index (χ2v) is 5.49. The lowest BCUT2D eigenvalue weighted by molar-refractivity contribution is 0.0960. The molecular formula is C17H20N2O. The van der Waals surface area contributed by atoms with E-state index in [-0.39, 0.29) is 5.91 Å². The third-order valence-corrected chi connectivity index (χ3v) is 4.02. The van der Waals surface area contributed by atoms with Gasteiger partial charge in [0.1, 0.15) is 0 Å². The smallest absolute Gasteiger partial charge is 0.261 e. The average molecular weight is 268 g/mol. The molecule has 0 spiro atoms. The molecule has 2 heterocycles. The van der Waals surface area contributed by atoms with Gasteiger partial charge < -0.3 is 5.32 Å². The second-order valence-electron chi connectivity index (χ2n) is 5.49. The molecule has 104 valence electrons. The van der Waals surface area contributed by atoms with Gasteiger partial charge in [-0.15, -0.1) is 0 Å². The van der Waals surface area contributed by atoms with Gasteiger partial charge in [-0.05, 0) is 68.1 Å². The number of aromatic nitrogens is 1. The SMILES string of the molecule is O=C(c1ccc(CC2CCNCC2)cc1)n1cccc1. The highest BCUT2D eigenvalue weighted by molar-refractivity contribution is 5.95. The summed E-state index contributed by atoms with van der Waals surface area (Å²) in [6.45, 7) is 2.27. The lowest BCUT2D eigenvalue weighted by atomic mass is 9.91. The van der Waals surface area contributed by atoms with Gasteiger partial charge in [0.25, 0.3) is 5.91 Å². The van der Waals surface area contributed by atoms with Crippen molar-refractivity contribution in [3.05, 3.63) is 59.9 Å². The Morgan fingerprint density at radius 1 is 1.10 bits per heavy atom. The molecule has 0 unspecified atom stereocenters. The largest absolute Gasteiger partial charge is 0.317 e. The Kier molecular flexibility index (Phi) is 3.97. The molecule has 0 aliphatic carbocycles. The predicted molar refractivity (Wildman–Crippen MR) is 79.9 cm³/mol. The summed E-state index contributed by atoms with van der Waals surface area (Å²) < 4.78 is 1.61. The molecule has 0 saturated carbocycles. The Balaban J connectivity index is 1.66. The highest BCUT2D eigenvalue weighted by Gasteiger charge is 2.14. The van der Waals surface area contributed by atoms with E-state index >= 15 is 0 Å². The van der Waals surface area contributed by atoms with Gasteiger partial charge in [-0.2, -0.15) is 0 Å². The minimum atomic E-state index is 0.0309. The van der Waals surface area contributed by atoms with Crippen LogP contribution in [-0.2, 0) is 6.42 Å². The van der Waals surface area contributed by atoms with Crippen molar-refractivity contribution in [1.29, 1.82) is 0 Å². The lowest BCUT2D eigenvalue weighted by Gasteiger charge is -2.22. The fourth-order valence-corrected chi connectivity index (χ4v) is 2.82. The van der Waals surface area contributed by atoms with Crippen molar-refractivity contribution < 1.29 is 4.79 Å². The molecule has 1 aliphatic heterocycles. The Morgan fingerprint density at radius 3 is 2.40 bits per heavy atom. The summed E-state index contributed by atoms with van der Waals surface area (Å²) in [6, 6.07) is 11.8. The maximum absolute atomic E-state index is 12.2. The molecule has 3 heteroatoms. The summed E-state index contributed by atoms with van der Waals surface area (Å²) in [7, 11) is 0. The van der Waals surface area contributed by atoms with Crippen molar-refractivity contribution in [3.63, 3.8) is 0 Å². The normalized spacial score (nSPS) is 16.2. The first-order chi connectivity index (χ1) is 9.83. The van der Waals surface area contributed by atoms with E-state index in [1.807, 2.05) is 24.3 Å². The van der Waals surface area contributed by atoms with Crippen molar-refractivity contribution in [2.75, 3.05) is 13.1 Å². The quantitative estimate of drug-likeness (QED) is 0.928. The molecule has 3 rings (SSSR count). The first kappa shape index (κ1) is 13.1. The van der Waals surface area contributed by atoms with E-state index in [9.17, 15) is 4.79 Å². The molecule has 1 aliphatic rings. The highest BCUT2D eigenvalue weighted by Crippen LogP contribution is 2.18. The van der Waals surface area contributed by atoms with Gasteiger partial charge in [-0.3, -0.25) is 9.36 Å². The number of nitrogens with zero attached hydrogens (tertiary/aromatic N) is 1. The van der Waals surface area contributed by atoms with E-state index in [4.69, 9.17) is 0 Å². The van der Waals surface area contributed by atoms with Crippen LogP contribution in [0.25, 0.3) is 0 Å². The van der Waals surface area contributed by atoms with Crippen LogP contribution in [0.15, 0.2) is 48.8 Å². The van der Waals surface area contributed by atoms with Crippen LogP contribution in [0.3, 0.4) is 0 Å². The second kappa shape index (κ2) is 6.06. The van der Waals surface area contributed by atoms with E-state index in [2.05, 4.69) is 17.4 Å². The minimum absolute atomic E-state index is 0.0309. The van der Waals surface area contributed by atoms with Gasteiger partial charge in [0.05, 0.1) is 0 Å².